The van der Waals surface area contributed by atoms with Crippen LogP contribution in [-0.4, -0.2) is 11.1 Å². The predicted molar refractivity (Wildman–Crippen MR) is 101 cm³/mol. The van der Waals surface area contributed by atoms with Gasteiger partial charge in [-0.25, -0.2) is 4.99 Å². The number of carbonyl (C=O) groups excluding carboxylic acids is 1. The van der Waals surface area contributed by atoms with Gasteiger partial charge in [0.05, 0.1) is 10.6 Å². The highest BCUT2D eigenvalue weighted by molar-refractivity contribution is 14.1. The van der Waals surface area contributed by atoms with Crippen molar-refractivity contribution in [3.8, 4) is 0 Å². The monoisotopic (exact) mass is 488 g/mol. The van der Waals surface area contributed by atoms with Crippen molar-refractivity contribution >= 4 is 73.1 Å². The second kappa shape index (κ2) is 6.59. The van der Waals surface area contributed by atoms with Crippen LogP contribution in [0.5, 0.6) is 0 Å². The van der Waals surface area contributed by atoms with Crippen LogP contribution in [0.25, 0.3) is 6.08 Å². The van der Waals surface area contributed by atoms with Gasteiger partial charge in [-0.3, -0.25) is 4.79 Å². The first kappa shape index (κ1) is 15.8. The first-order valence-electron chi connectivity index (χ1n) is 6.32. The Morgan fingerprint density at radius 1 is 1.36 bits per heavy atom. The van der Waals surface area contributed by atoms with Crippen LogP contribution < -0.4 is 5.32 Å². The summed E-state index contributed by atoms with van der Waals surface area (Å²) in [5.41, 5.74) is 1.87. The molecule has 0 spiro atoms. The minimum Gasteiger partial charge on any atom is -0.451 e. The summed E-state index contributed by atoms with van der Waals surface area (Å²) in [6.45, 7) is 1.98. The molecule has 7 heteroatoms. The number of thioether (sulfide) groups is 1. The van der Waals surface area contributed by atoms with E-state index in [2.05, 4.69) is 48.8 Å². The molecule has 0 unspecified atom stereocenters. The Hall–Kier alpha value is -1.06. The third kappa shape index (κ3) is 3.64. The van der Waals surface area contributed by atoms with E-state index in [1.54, 1.807) is 6.08 Å². The SMILES string of the molecule is Cc1cc(Br)ccc1N=C1NC(=O)/C(=C/c2ccc(I)o2)S1. The summed E-state index contributed by atoms with van der Waals surface area (Å²) in [6.07, 6.45) is 1.72. The number of nitrogens with one attached hydrogen (secondary N) is 1. The van der Waals surface area contributed by atoms with Crippen LogP contribution in [0.1, 0.15) is 11.3 Å². The molecule has 1 amide bonds. The first-order chi connectivity index (χ1) is 10.5. The average molecular weight is 489 g/mol. The predicted octanol–water partition coefficient (Wildman–Crippen LogP) is 4.85. The molecular formula is C15H10BrIN2O2S. The Bertz CT molecular complexity index is 814. The second-order valence-electron chi connectivity index (χ2n) is 4.55. The summed E-state index contributed by atoms with van der Waals surface area (Å²) in [7, 11) is 0. The molecule has 112 valence electrons. The van der Waals surface area contributed by atoms with Gasteiger partial charge in [-0.1, -0.05) is 15.9 Å². The molecule has 3 rings (SSSR count). The third-order valence-electron chi connectivity index (χ3n) is 2.90. The van der Waals surface area contributed by atoms with E-state index in [4.69, 9.17) is 4.42 Å². The lowest BCUT2D eigenvalue weighted by Crippen LogP contribution is -2.19. The zero-order valence-corrected chi connectivity index (χ0v) is 16.0. The first-order valence-corrected chi connectivity index (χ1v) is 9.01. The van der Waals surface area contributed by atoms with E-state index in [1.165, 1.54) is 11.8 Å². The lowest BCUT2D eigenvalue weighted by Gasteiger charge is -2.01. The van der Waals surface area contributed by atoms with E-state index in [1.807, 2.05) is 37.3 Å². The highest BCUT2D eigenvalue weighted by Crippen LogP contribution is 2.30. The lowest BCUT2D eigenvalue weighted by molar-refractivity contribution is -0.115. The molecule has 1 fully saturated rings. The molecule has 1 aliphatic heterocycles. The molecule has 2 aromatic rings. The van der Waals surface area contributed by atoms with Gasteiger partial charge in [0.25, 0.3) is 5.91 Å². The van der Waals surface area contributed by atoms with Crippen molar-refractivity contribution in [2.24, 2.45) is 4.99 Å². The topological polar surface area (TPSA) is 54.6 Å². The molecule has 0 radical (unpaired) electrons. The van der Waals surface area contributed by atoms with Gasteiger partial charge >= 0.3 is 0 Å². The molecule has 1 aliphatic rings. The molecule has 0 saturated carbocycles. The summed E-state index contributed by atoms with van der Waals surface area (Å²) >= 11 is 6.82. The Morgan fingerprint density at radius 3 is 2.86 bits per heavy atom. The third-order valence-corrected chi connectivity index (χ3v) is 4.88. The fourth-order valence-electron chi connectivity index (χ4n) is 1.87. The van der Waals surface area contributed by atoms with Gasteiger partial charge in [0.2, 0.25) is 0 Å². The summed E-state index contributed by atoms with van der Waals surface area (Å²) in [6, 6.07) is 9.51. The maximum atomic E-state index is 12.0. The number of halogens is 2. The Kier molecular flexibility index (Phi) is 4.74. The number of aliphatic imine (C=N–C) groups is 1. The molecule has 4 nitrogen and oxygen atoms in total. The van der Waals surface area contributed by atoms with Crippen LogP contribution in [0.4, 0.5) is 5.69 Å². The maximum Gasteiger partial charge on any atom is 0.264 e. The second-order valence-corrected chi connectivity index (χ2v) is 7.56. The van der Waals surface area contributed by atoms with Gasteiger partial charge in [0.1, 0.15) is 5.76 Å². The molecule has 22 heavy (non-hydrogen) atoms. The number of hydrogen-bond donors (Lipinski definition) is 1. The molecular weight excluding hydrogens is 479 g/mol. The van der Waals surface area contributed by atoms with E-state index in [0.717, 1.165) is 19.5 Å². The number of aryl methyl sites for hydroxylation is 1. The lowest BCUT2D eigenvalue weighted by atomic mass is 10.2. The molecule has 1 saturated heterocycles. The maximum absolute atomic E-state index is 12.0. The quantitative estimate of drug-likeness (QED) is 0.485. The number of benzene rings is 1. The van der Waals surface area contributed by atoms with Crippen molar-refractivity contribution in [2.75, 3.05) is 0 Å². The Balaban J connectivity index is 1.85. The van der Waals surface area contributed by atoms with Crippen LogP contribution in [-0.2, 0) is 4.79 Å². The Labute approximate surface area is 153 Å². The largest absolute Gasteiger partial charge is 0.451 e. The minimum atomic E-state index is -0.162. The molecule has 1 aromatic heterocycles. The Morgan fingerprint density at radius 2 is 2.18 bits per heavy atom. The fourth-order valence-corrected chi connectivity index (χ4v) is 3.59. The van der Waals surface area contributed by atoms with Gasteiger partial charge < -0.3 is 9.73 Å². The summed E-state index contributed by atoms with van der Waals surface area (Å²) < 4.78 is 7.24. The zero-order chi connectivity index (χ0) is 15.7. The number of furan rings is 1. The van der Waals surface area contributed by atoms with Gasteiger partial charge in [0, 0.05) is 10.5 Å². The van der Waals surface area contributed by atoms with Crippen LogP contribution in [0.2, 0.25) is 0 Å². The van der Waals surface area contributed by atoms with Crippen molar-refractivity contribution in [1.29, 1.82) is 0 Å². The summed E-state index contributed by atoms with van der Waals surface area (Å²) in [5.74, 6) is 0.494. The van der Waals surface area contributed by atoms with Gasteiger partial charge in [-0.2, -0.15) is 0 Å². The normalized spacial score (nSPS) is 18.2. The minimum absolute atomic E-state index is 0.162. The number of amidine groups is 1. The zero-order valence-electron chi connectivity index (χ0n) is 11.4. The van der Waals surface area contributed by atoms with E-state index in [-0.39, 0.29) is 5.91 Å². The van der Waals surface area contributed by atoms with E-state index in [9.17, 15) is 4.79 Å². The fraction of sp³-hybridized carbons (Fsp3) is 0.0667. The van der Waals surface area contributed by atoms with Gasteiger partial charge in [-0.15, -0.1) is 0 Å². The van der Waals surface area contributed by atoms with Crippen LogP contribution in [0.3, 0.4) is 0 Å². The molecule has 1 aromatic carbocycles. The molecule has 0 bridgehead atoms. The summed E-state index contributed by atoms with van der Waals surface area (Å²) in [4.78, 5) is 17.1. The van der Waals surface area contributed by atoms with Crippen molar-refractivity contribution < 1.29 is 9.21 Å². The smallest absolute Gasteiger partial charge is 0.264 e. The number of hydrogen-bond acceptors (Lipinski definition) is 4. The molecule has 2 heterocycles. The highest BCUT2D eigenvalue weighted by Gasteiger charge is 2.24. The summed E-state index contributed by atoms with van der Waals surface area (Å²) in [5, 5.41) is 3.34. The van der Waals surface area contributed by atoms with Crippen molar-refractivity contribution in [1.82, 2.24) is 5.32 Å². The van der Waals surface area contributed by atoms with E-state index >= 15 is 0 Å². The number of rotatable bonds is 2. The van der Waals surface area contributed by atoms with Gasteiger partial charge in [-0.05, 0) is 77.2 Å². The van der Waals surface area contributed by atoms with E-state index in [0.29, 0.717) is 15.8 Å². The van der Waals surface area contributed by atoms with Gasteiger partial charge in [0.15, 0.2) is 8.93 Å². The van der Waals surface area contributed by atoms with E-state index < -0.39 is 0 Å². The van der Waals surface area contributed by atoms with Crippen molar-refractivity contribution in [3.05, 3.63) is 54.8 Å². The number of amides is 1. The van der Waals surface area contributed by atoms with Crippen LogP contribution in [0, 0.1) is 10.7 Å². The molecule has 1 N–H and O–H groups in total. The standard InChI is InChI=1S/C15H10BrIN2O2S/c1-8-6-9(16)2-4-11(8)18-15-19-14(20)12(22-15)7-10-3-5-13(17)21-10/h2-7H,1H3,(H,18,19,20)/b12-7-. The van der Waals surface area contributed by atoms with Crippen LogP contribution in [0.15, 0.2) is 49.1 Å². The van der Waals surface area contributed by atoms with Crippen molar-refractivity contribution in [3.63, 3.8) is 0 Å². The number of nitrogens with zero attached hydrogens (tertiary/aromatic N) is 1. The molecule has 0 aliphatic carbocycles. The number of carbonyl (C=O) groups is 1. The van der Waals surface area contributed by atoms with Crippen molar-refractivity contribution in [2.45, 2.75) is 6.92 Å². The molecule has 0 atom stereocenters. The highest BCUT2D eigenvalue weighted by atomic mass is 127. The van der Waals surface area contributed by atoms with Crippen LogP contribution >= 0.6 is 50.3 Å². The average Bonchev–Trinajstić information content (AvgIpc) is 3.00.